The van der Waals surface area contributed by atoms with Crippen LogP contribution in [0.25, 0.3) is 0 Å². The molecule has 8 heteroatoms. The second-order valence-electron chi connectivity index (χ2n) is 7.99. The molecule has 0 unspecified atom stereocenters. The molecule has 0 spiro atoms. The Kier molecular flexibility index (Phi) is 8.07. The molecule has 4 aromatic carbocycles. The van der Waals surface area contributed by atoms with Crippen molar-refractivity contribution in [1.82, 2.24) is 5.32 Å². The van der Waals surface area contributed by atoms with Crippen molar-refractivity contribution < 1.29 is 17.9 Å². The molecule has 0 saturated heterocycles. The normalized spacial score (nSPS) is 11.9. The Hall–Kier alpha value is -3.62. The SMILES string of the molecule is COc1ccc([C@@H](NC(=O)CN(c2ccc(Br)cc2)S(=O)(=O)c2ccccc2)c2ccccc2)cc1. The average molecular weight is 565 g/mol. The maximum Gasteiger partial charge on any atom is 0.264 e. The molecule has 6 nitrogen and oxygen atoms in total. The predicted octanol–water partition coefficient (Wildman–Crippen LogP) is 5.56. The Balaban J connectivity index is 1.66. The summed E-state index contributed by atoms with van der Waals surface area (Å²) in [5.41, 5.74) is 2.10. The lowest BCUT2D eigenvalue weighted by Gasteiger charge is -2.26. The van der Waals surface area contributed by atoms with Crippen molar-refractivity contribution in [2.45, 2.75) is 10.9 Å². The average Bonchev–Trinajstić information content (AvgIpc) is 2.92. The number of carbonyl (C=O) groups excluding carboxylic acids is 1. The lowest BCUT2D eigenvalue weighted by molar-refractivity contribution is -0.120. The van der Waals surface area contributed by atoms with Crippen LogP contribution in [0.3, 0.4) is 0 Å². The van der Waals surface area contributed by atoms with E-state index in [4.69, 9.17) is 4.74 Å². The minimum Gasteiger partial charge on any atom is -0.497 e. The number of methoxy groups -OCH3 is 1. The summed E-state index contributed by atoms with van der Waals surface area (Å²) in [4.78, 5) is 13.5. The van der Waals surface area contributed by atoms with Gasteiger partial charge in [-0.1, -0.05) is 76.6 Å². The van der Waals surface area contributed by atoms with Crippen LogP contribution in [0.4, 0.5) is 5.69 Å². The highest BCUT2D eigenvalue weighted by Crippen LogP contribution is 2.27. The van der Waals surface area contributed by atoms with Crippen molar-refractivity contribution in [3.05, 3.63) is 125 Å². The molecule has 0 aromatic heterocycles. The predicted molar refractivity (Wildman–Crippen MR) is 145 cm³/mol. The number of halogens is 1. The maximum atomic E-state index is 13.6. The van der Waals surface area contributed by atoms with E-state index in [1.54, 1.807) is 49.6 Å². The van der Waals surface area contributed by atoms with Crippen LogP contribution < -0.4 is 14.4 Å². The molecule has 1 amide bonds. The van der Waals surface area contributed by atoms with Crippen LogP contribution in [0.15, 0.2) is 119 Å². The summed E-state index contributed by atoms with van der Waals surface area (Å²) in [6.45, 7) is -0.391. The molecule has 0 radical (unpaired) electrons. The van der Waals surface area contributed by atoms with Gasteiger partial charge in [-0.3, -0.25) is 9.10 Å². The van der Waals surface area contributed by atoms with Gasteiger partial charge in [0.25, 0.3) is 10.0 Å². The summed E-state index contributed by atoms with van der Waals surface area (Å²) >= 11 is 3.38. The van der Waals surface area contributed by atoms with Crippen LogP contribution in [0.1, 0.15) is 17.2 Å². The Morgan fingerprint density at radius 3 is 1.97 bits per heavy atom. The monoisotopic (exact) mass is 564 g/mol. The molecule has 184 valence electrons. The molecule has 0 fully saturated rings. The number of rotatable bonds is 9. The fourth-order valence-corrected chi connectivity index (χ4v) is 5.49. The minimum absolute atomic E-state index is 0.107. The van der Waals surface area contributed by atoms with Gasteiger partial charge in [-0.2, -0.15) is 0 Å². The number of sulfonamides is 1. The number of hydrogen-bond acceptors (Lipinski definition) is 4. The van der Waals surface area contributed by atoms with Crippen molar-refractivity contribution in [2.24, 2.45) is 0 Å². The maximum absolute atomic E-state index is 13.6. The zero-order valence-electron chi connectivity index (χ0n) is 19.5. The van der Waals surface area contributed by atoms with Gasteiger partial charge in [-0.15, -0.1) is 0 Å². The smallest absolute Gasteiger partial charge is 0.264 e. The zero-order valence-corrected chi connectivity index (χ0v) is 21.9. The summed E-state index contributed by atoms with van der Waals surface area (Å²) in [7, 11) is -2.40. The van der Waals surface area contributed by atoms with Gasteiger partial charge in [0.1, 0.15) is 12.3 Å². The van der Waals surface area contributed by atoms with Crippen molar-refractivity contribution in [3.63, 3.8) is 0 Å². The standard InChI is InChI=1S/C28H25BrN2O4S/c1-35-25-18-12-22(13-19-25)28(21-8-4-2-5-9-21)30-27(32)20-31(24-16-14-23(29)15-17-24)36(33,34)26-10-6-3-7-11-26/h2-19,28H,20H2,1H3,(H,30,32)/t28-/m0/s1. The molecule has 36 heavy (non-hydrogen) atoms. The molecule has 0 aliphatic carbocycles. The Morgan fingerprint density at radius 1 is 0.833 bits per heavy atom. The van der Waals surface area contributed by atoms with Crippen LogP contribution >= 0.6 is 15.9 Å². The summed E-state index contributed by atoms with van der Waals surface area (Å²) in [6.07, 6.45) is 0. The van der Waals surface area contributed by atoms with Gasteiger partial charge in [0.05, 0.1) is 23.7 Å². The first-order valence-electron chi connectivity index (χ1n) is 11.2. The van der Waals surface area contributed by atoms with Crippen LogP contribution in [0, 0.1) is 0 Å². The first kappa shape index (κ1) is 25.5. The number of carbonyl (C=O) groups is 1. The minimum atomic E-state index is -4.00. The van der Waals surface area contributed by atoms with Crippen LogP contribution in [-0.4, -0.2) is 28.0 Å². The van der Waals surface area contributed by atoms with E-state index >= 15 is 0 Å². The van der Waals surface area contributed by atoms with E-state index < -0.39 is 28.5 Å². The molecule has 0 heterocycles. The number of nitrogens with zero attached hydrogens (tertiary/aromatic N) is 1. The molecule has 0 aliphatic rings. The fourth-order valence-electron chi connectivity index (χ4n) is 3.78. The van der Waals surface area contributed by atoms with E-state index in [2.05, 4.69) is 21.2 Å². The second-order valence-corrected chi connectivity index (χ2v) is 10.8. The van der Waals surface area contributed by atoms with Gasteiger partial charge < -0.3 is 10.1 Å². The highest BCUT2D eigenvalue weighted by atomic mass is 79.9. The van der Waals surface area contributed by atoms with Crippen molar-refractivity contribution in [3.8, 4) is 5.75 Å². The molecule has 0 bridgehead atoms. The molecule has 4 aromatic rings. The van der Waals surface area contributed by atoms with Crippen LogP contribution in [0.5, 0.6) is 5.75 Å². The summed E-state index contributed by atoms with van der Waals surface area (Å²) < 4.78 is 34.3. The quantitative estimate of drug-likeness (QED) is 0.289. The number of nitrogens with one attached hydrogen (secondary N) is 1. The van der Waals surface area contributed by atoms with Crippen molar-refractivity contribution in [1.29, 1.82) is 0 Å². The lowest BCUT2D eigenvalue weighted by atomic mass is 9.98. The van der Waals surface area contributed by atoms with Crippen molar-refractivity contribution >= 4 is 37.5 Å². The van der Waals surface area contributed by atoms with E-state index in [1.807, 2.05) is 54.6 Å². The number of benzene rings is 4. The first-order valence-corrected chi connectivity index (χ1v) is 13.4. The highest BCUT2D eigenvalue weighted by Gasteiger charge is 2.28. The Bertz CT molecular complexity index is 1400. The molecular formula is C28H25BrN2O4S. The van der Waals surface area contributed by atoms with Crippen LogP contribution in [0.2, 0.25) is 0 Å². The fraction of sp³-hybridized carbons (Fsp3) is 0.107. The van der Waals surface area contributed by atoms with E-state index in [0.29, 0.717) is 11.4 Å². The molecule has 1 N–H and O–H groups in total. The summed E-state index contributed by atoms with van der Waals surface area (Å²) in [5, 5.41) is 3.03. The van der Waals surface area contributed by atoms with E-state index in [1.165, 1.54) is 12.1 Å². The molecule has 4 rings (SSSR count). The van der Waals surface area contributed by atoms with Gasteiger partial charge in [-0.05, 0) is 59.7 Å². The summed E-state index contributed by atoms with van der Waals surface area (Å²) in [5.74, 6) is 0.259. The van der Waals surface area contributed by atoms with Gasteiger partial charge >= 0.3 is 0 Å². The van der Waals surface area contributed by atoms with E-state index in [-0.39, 0.29) is 4.90 Å². The van der Waals surface area contributed by atoms with E-state index in [0.717, 1.165) is 19.9 Å². The molecular weight excluding hydrogens is 540 g/mol. The molecule has 1 atom stereocenters. The number of anilines is 1. The van der Waals surface area contributed by atoms with Crippen LogP contribution in [-0.2, 0) is 14.8 Å². The van der Waals surface area contributed by atoms with Gasteiger partial charge in [0, 0.05) is 4.47 Å². The lowest BCUT2D eigenvalue weighted by Crippen LogP contribution is -2.42. The first-order chi connectivity index (χ1) is 17.4. The van der Waals surface area contributed by atoms with E-state index in [9.17, 15) is 13.2 Å². The zero-order chi connectivity index (χ0) is 25.5. The Labute approximate surface area is 219 Å². The summed E-state index contributed by atoms with van der Waals surface area (Å²) in [6, 6.07) is 31.4. The van der Waals surface area contributed by atoms with Crippen molar-refractivity contribution in [2.75, 3.05) is 18.0 Å². The molecule has 0 saturated carbocycles. The topological polar surface area (TPSA) is 75.7 Å². The highest BCUT2D eigenvalue weighted by molar-refractivity contribution is 9.10. The van der Waals surface area contributed by atoms with Gasteiger partial charge in [-0.25, -0.2) is 8.42 Å². The second kappa shape index (κ2) is 11.4. The third-order valence-corrected chi connectivity index (χ3v) is 7.94. The third kappa shape index (κ3) is 5.95. The van der Waals surface area contributed by atoms with Gasteiger partial charge in [0.15, 0.2) is 0 Å². The number of ether oxygens (including phenoxy) is 1. The Morgan fingerprint density at radius 2 is 1.39 bits per heavy atom. The number of amides is 1. The largest absolute Gasteiger partial charge is 0.497 e. The van der Waals surface area contributed by atoms with Gasteiger partial charge in [0.2, 0.25) is 5.91 Å². The number of hydrogen-bond donors (Lipinski definition) is 1. The molecule has 0 aliphatic heterocycles. The third-order valence-electron chi connectivity index (χ3n) is 5.62.